The highest BCUT2D eigenvalue weighted by Crippen LogP contribution is 2.33. The number of fused-ring (bicyclic) bond motifs is 1. The van der Waals surface area contributed by atoms with Crippen LogP contribution in [0.25, 0.3) is 16.5 Å². The molecule has 21 nitrogen and oxygen atoms in total. The number of benzene rings is 2. The van der Waals surface area contributed by atoms with Crippen molar-refractivity contribution in [1.82, 2.24) is 40.3 Å². The lowest BCUT2D eigenvalue weighted by Gasteiger charge is -2.41. The number of aliphatic hydroxyl groups is 1. The van der Waals surface area contributed by atoms with Crippen LogP contribution in [0.4, 0.5) is 10.5 Å². The van der Waals surface area contributed by atoms with Gasteiger partial charge in [-0.3, -0.25) is 24.3 Å². The van der Waals surface area contributed by atoms with Crippen LogP contribution in [0.5, 0.6) is 11.5 Å². The number of nitrogens with one attached hydrogen (secondary N) is 4. The van der Waals surface area contributed by atoms with E-state index in [9.17, 15) is 24.3 Å². The molecule has 1 aliphatic carbocycles. The Balaban J connectivity index is 0.797. The summed E-state index contributed by atoms with van der Waals surface area (Å²) in [6.07, 6.45) is 7.63. The molecule has 1 unspecified atom stereocenters. The number of aromatic nitrogens is 3. The summed E-state index contributed by atoms with van der Waals surface area (Å²) >= 11 is 1.57. The average Bonchev–Trinajstić information content (AvgIpc) is 4.11. The molecule has 0 bridgehead atoms. The Kier molecular flexibility index (Phi) is 18.6. The van der Waals surface area contributed by atoms with Crippen LogP contribution < -0.4 is 42.2 Å². The summed E-state index contributed by atoms with van der Waals surface area (Å²) in [6.45, 7) is 8.68. The van der Waals surface area contributed by atoms with Gasteiger partial charge in [-0.25, -0.2) is 19.7 Å². The van der Waals surface area contributed by atoms with E-state index in [4.69, 9.17) is 35.2 Å². The van der Waals surface area contributed by atoms with Gasteiger partial charge in [-0.2, -0.15) is 0 Å². The third-order valence-corrected chi connectivity index (χ3v) is 13.7. The number of carbonyl (C=O) groups excluding carboxylic acids is 4. The number of aryl methyl sites for hydroxylation is 1. The van der Waals surface area contributed by atoms with Crippen LogP contribution in [0.15, 0.2) is 66.2 Å². The Morgan fingerprint density at radius 2 is 1.65 bits per heavy atom. The molecule has 2 aliphatic heterocycles. The molecular weight excluding hydrogens is 947 g/mol. The van der Waals surface area contributed by atoms with Gasteiger partial charge in [0.05, 0.1) is 62.3 Å². The van der Waals surface area contributed by atoms with Gasteiger partial charge >= 0.3 is 6.03 Å². The number of ether oxygens (including phenoxy) is 5. The van der Waals surface area contributed by atoms with Gasteiger partial charge in [0, 0.05) is 74.0 Å². The first-order valence-electron chi connectivity index (χ1n) is 24.3. The van der Waals surface area contributed by atoms with Crippen LogP contribution in [0.3, 0.4) is 0 Å². The minimum absolute atomic E-state index is 0.0164. The minimum atomic E-state index is -0.987. The van der Waals surface area contributed by atoms with E-state index >= 15 is 0 Å². The molecule has 22 heteroatoms. The monoisotopic (exact) mass is 1020 g/mol. The maximum absolute atomic E-state index is 14.0. The topological polar surface area (TPSA) is 272 Å². The Labute approximate surface area is 423 Å². The Morgan fingerprint density at radius 3 is 2.33 bits per heavy atom. The maximum atomic E-state index is 14.0. The highest BCUT2D eigenvalue weighted by atomic mass is 32.1. The lowest BCUT2D eigenvalue weighted by atomic mass is 9.85. The van der Waals surface area contributed by atoms with Crippen LogP contribution in [0.2, 0.25) is 0 Å². The van der Waals surface area contributed by atoms with E-state index in [-0.39, 0.29) is 83.7 Å². The number of nitrogens with two attached hydrogens (primary N) is 2. The lowest BCUT2D eigenvalue weighted by molar-refractivity contribution is -0.144. The van der Waals surface area contributed by atoms with Gasteiger partial charge in [-0.05, 0) is 36.3 Å². The fourth-order valence-corrected chi connectivity index (χ4v) is 9.75. The van der Waals surface area contributed by atoms with Crippen molar-refractivity contribution in [2.75, 3.05) is 65.2 Å². The molecule has 9 N–H and O–H groups in total. The van der Waals surface area contributed by atoms with Gasteiger partial charge in [-0.1, -0.05) is 57.9 Å². The van der Waals surface area contributed by atoms with Crippen LogP contribution in [-0.2, 0) is 35.1 Å². The van der Waals surface area contributed by atoms with E-state index in [1.165, 1.54) is 9.80 Å². The number of β-amino-alcohol motifs (C(OH)–C–C–N with tert-alkyl or cyclic N) is 1. The summed E-state index contributed by atoms with van der Waals surface area (Å²) in [5.41, 5.74) is 17.0. The highest BCUT2D eigenvalue weighted by molar-refractivity contribution is 7.13. The number of amides is 5. The van der Waals surface area contributed by atoms with Crippen molar-refractivity contribution in [3.8, 4) is 21.9 Å². The molecule has 6 atom stereocenters. The predicted octanol–water partition coefficient (Wildman–Crippen LogP) is 3.68. The van der Waals surface area contributed by atoms with Crippen LogP contribution in [0.1, 0.15) is 76.2 Å². The maximum Gasteiger partial charge on any atom is 0.323 e. The molecule has 0 radical (unpaired) electrons. The zero-order valence-electron chi connectivity index (χ0n) is 41.6. The van der Waals surface area contributed by atoms with E-state index in [1.807, 2.05) is 62.0 Å². The Hall–Kier alpha value is -6.14. The fraction of sp³-hybridized carbons (Fsp3) is 0.520. The molecule has 4 aromatic rings. The number of likely N-dealkylation sites (tertiary alicyclic amines) is 1. The zero-order chi connectivity index (χ0) is 51.4. The van der Waals surface area contributed by atoms with E-state index in [2.05, 4.69) is 31.2 Å². The number of imidazole rings is 1. The number of nitrogens with zero attached hydrogens (tertiary/aromatic N) is 5. The van der Waals surface area contributed by atoms with Crippen molar-refractivity contribution >= 4 is 46.9 Å². The molecule has 5 amide bonds. The van der Waals surface area contributed by atoms with Crippen LogP contribution in [-0.4, -0.2) is 143 Å². The van der Waals surface area contributed by atoms with Crippen molar-refractivity contribution in [2.45, 2.75) is 103 Å². The molecule has 2 fully saturated rings. The number of carbonyl (C=O) groups is 4. The van der Waals surface area contributed by atoms with Crippen molar-refractivity contribution in [3.63, 3.8) is 0 Å². The van der Waals surface area contributed by atoms with Crippen LogP contribution in [0, 0.1) is 12.3 Å². The molecule has 3 aliphatic rings. The number of hydrogen-bond acceptors (Lipinski definition) is 16. The summed E-state index contributed by atoms with van der Waals surface area (Å²) in [5.74, 6) is 0.717. The van der Waals surface area contributed by atoms with Crippen LogP contribution >= 0.6 is 11.3 Å². The molecule has 72 heavy (non-hydrogen) atoms. The fourth-order valence-electron chi connectivity index (χ4n) is 8.94. The predicted molar refractivity (Wildman–Crippen MR) is 270 cm³/mol. The minimum Gasteiger partial charge on any atom is -0.497 e. The molecule has 390 valence electrons. The summed E-state index contributed by atoms with van der Waals surface area (Å²) in [4.78, 5) is 66.2. The molecule has 1 saturated carbocycles. The van der Waals surface area contributed by atoms with Crippen molar-refractivity contribution in [1.29, 1.82) is 0 Å². The molecular formula is C50H69N11O10S. The smallest absolute Gasteiger partial charge is 0.323 e. The third kappa shape index (κ3) is 14.1. The molecule has 4 heterocycles. The lowest BCUT2D eigenvalue weighted by Crippen LogP contribution is -2.58. The largest absolute Gasteiger partial charge is 0.497 e. The standard InChI is InChI=1S/C50H69N11O10S/c1-31-44(72-30-55-31)33-12-10-32(11-13-33)27-54-46(64)40-24-35(62)28-60(40)47(65)45(50(2,3)4)58-43(63)29-70-19-18-68-16-17-69-20-21-71-37-23-34(22-36(25-37)67-5)56-42-26-41-53-14-15-59(41)49(61(42)48(52)66)57-39-9-7-6-8-38(39)51/h10-15,22-23,25-26,30,35,38-40,45,49,56-57,62H,6-9,16-21,24,27-29,51H2,1-5H3,(H2,52,66)(H,54,64)(H,58,63)/t35-,38-,39+,40+,45-,49?/m1/s1. The van der Waals surface area contributed by atoms with Gasteiger partial charge in [0.15, 0.2) is 6.29 Å². The van der Waals surface area contributed by atoms with Crippen molar-refractivity contribution in [2.24, 2.45) is 16.9 Å². The summed E-state index contributed by atoms with van der Waals surface area (Å²) in [5, 5.41) is 23.2. The number of primary amides is 1. The van der Waals surface area contributed by atoms with E-state index in [0.717, 1.165) is 47.4 Å². The second kappa shape index (κ2) is 25.0. The van der Waals surface area contributed by atoms with E-state index in [1.54, 1.807) is 55.1 Å². The first-order valence-corrected chi connectivity index (χ1v) is 25.2. The normalized spacial score (nSPS) is 20.3. The summed E-state index contributed by atoms with van der Waals surface area (Å²) < 4.78 is 30.3. The summed E-state index contributed by atoms with van der Waals surface area (Å²) in [6, 6.07) is 10.5. The van der Waals surface area contributed by atoms with Crippen molar-refractivity contribution < 1.29 is 48.0 Å². The highest BCUT2D eigenvalue weighted by Gasteiger charge is 2.44. The van der Waals surface area contributed by atoms with Gasteiger partial charge in [0.25, 0.3) is 0 Å². The third-order valence-electron chi connectivity index (χ3n) is 12.7. The molecule has 7 rings (SSSR count). The molecule has 1 saturated heterocycles. The number of thiazole rings is 1. The number of anilines is 1. The quantitative estimate of drug-likeness (QED) is 0.0523. The second-order valence-corrected chi connectivity index (χ2v) is 20.0. The van der Waals surface area contributed by atoms with E-state index in [0.29, 0.717) is 28.8 Å². The van der Waals surface area contributed by atoms with Gasteiger partial charge < -0.3 is 61.1 Å². The summed E-state index contributed by atoms with van der Waals surface area (Å²) in [7, 11) is 1.55. The second-order valence-electron chi connectivity index (χ2n) is 19.1. The van der Waals surface area contributed by atoms with Gasteiger partial charge in [-0.15, -0.1) is 11.3 Å². The number of urea groups is 1. The zero-order valence-corrected chi connectivity index (χ0v) is 42.5. The van der Waals surface area contributed by atoms with E-state index < -0.39 is 47.7 Å². The molecule has 0 spiro atoms. The number of methoxy groups -OCH3 is 1. The van der Waals surface area contributed by atoms with Crippen molar-refractivity contribution in [3.05, 3.63) is 83.3 Å². The number of aliphatic hydroxyl groups excluding tert-OH is 1. The number of rotatable bonds is 23. The Bertz CT molecular complexity index is 2490. The molecule has 2 aromatic carbocycles. The SMILES string of the molecule is COc1cc(NC2=Cc3nccn3C(N[C@H]3CCCC[C@H]3N)N2C(N)=O)cc(OCCOCCOCCOCC(=O)N[C@H](C(=O)N2C[C@H](O)C[C@H]2C(=O)NCc2ccc(-c3scnc3C)cc2)C(C)(C)C)c1. The van der Waals surface area contributed by atoms with Gasteiger partial charge in [0.1, 0.15) is 48.4 Å². The first-order chi connectivity index (χ1) is 34.6. The average molecular weight is 1020 g/mol. The number of hydrogen-bond donors (Lipinski definition) is 7. The Morgan fingerprint density at radius 1 is 0.944 bits per heavy atom. The first kappa shape index (κ1) is 53.7. The van der Waals surface area contributed by atoms with Gasteiger partial charge in [0.2, 0.25) is 17.7 Å². The molecule has 2 aromatic heterocycles.